The van der Waals surface area contributed by atoms with Crippen molar-refractivity contribution in [3.05, 3.63) is 23.8 Å². The fourth-order valence-electron chi connectivity index (χ4n) is 3.43. The van der Waals surface area contributed by atoms with Crippen molar-refractivity contribution in [2.45, 2.75) is 51.0 Å². The fraction of sp³-hybridized carbons (Fsp3) is 0.647. The molecular weight excluding hydrogens is 264 g/mol. The monoisotopic (exact) mass is 292 g/mol. The van der Waals surface area contributed by atoms with Crippen molar-refractivity contribution in [2.75, 3.05) is 14.2 Å². The number of hydrogen-bond donors (Lipinski definition) is 2. The van der Waals surface area contributed by atoms with E-state index in [-0.39, 0.29) is 6.04 Å². The van der Waals surface area contributed by atoms with E-state index in [1.165, 1.54) is 38.5 Å². The van der Waals surface area contributed by atoms with E-state index in [1.807, 2.05) is 18.2 Å². The zero-order valence-corrected chi connectivity index (χ0v) is 13.2. The first kappa shape index (κ1) is 16.1. The van der Waals surface area contributed by atoms with Crippen LogP contribution in [0.15, 0.2) is 18.2 Å². The number of nitrogens with two attached hydrogens (primary N) is 1. The standard InChI is InChI=1S/C17H28N2O2/c1-20-15-10-7-11-16(21-2)17(15)14(19-18)12-13-8-5-3-4-6-9-13/h7,10-11,13-14,19H,3-6,8-9,12,18H2,1-2H3. The molecule has 1 saturated carbocycles. The van der Waals surface area contributed by atoms with Crippen molar-refractivity contribution in [3.8, 4) is 11.5 Å². The normalized spacial score (nSPS) is 18.0. The van der Waals surface area contributed by atoms with Gasteiger partial charge in [-0.2, -0.15) is 0 Å². The Labute approximate surface area is 128 Å². The predicted octanol–water partition coefficient (Wildman–Crippen LogP) is 3.57. The lowest BCUT2D eigenvalue weighted by molar-refractivity contribution is 0.329. The van der Waals surface area contributed by atoms with E-state index in [0.717, 1.165) is 29.4 Å². The minimum atomic E-state index is 0.0687. The van der Waals surface area contributed by atoms with Crippen molar-refractivity contribution >= 4 is 0 Å². The van der Waals surface area contributed by atoms with Gasteiger partial charge < -0.3 is 9.47 Å². The van der Waals surface area contributed by atoms with Crippen molar-refractivity contribution in [3.63, 3.8) is 0 Å². The summed E-state index contributed by atoms with van der Waals surface area (Å²) in [6.45, 7) is 0. The predicted molar refractivity (Wildman–Crippen MR) is 85.4 cm³/mol. The molecule has 1 aromatic carbocycles. The number of ether oxygens (including phenoxy) is 2. The molecule has 1 atom stereocenters. The van der Waals surface area contributed by atoms with E-state index in [4.69, 9.17) is 15.3 Å². The third-order valence-electron chi connectivity index (χ3n) is 4.56. The molecule has 1 unspecified atom stereocenters. The Morgan fingerprint density at radius 2 is 1.67 bits per heavy atom. The highest BCUT2D eigenvalue weighted by Crippen LogP contribution is 2.38. The Morgan fingerprint density at radius 1 is 1.10 bits per heavy atom. The smallest absolute Gasteiger partial charge is 0.127 e. The molecule has 2 rings (SSSR count). The molecule has 0 bridgehead atoms. The highest BCUT2D eigenvalue weighted by atomic mass is 16.5. The maximum Gasteiger partial charge on any atom is 0.127 e. The van der Waals surface area contributed by atoms with E-state index in [1.54, 1.807) is 14.2 Å². The second-order valence-electron chi connectivity index (χ2n) is 5.89. The van der Waals surface area contributed by atoms with Crippen LogP contribution in [0.5, 0.6) is 11.5 Å². The summed E-state index contributed by atoms with van der Waals surface area (Å²) in [5.41, 5.74) is 4.01. The molecule has 0 saturated heterocycles. The van der Waals surface area contributed by atoms with Crippen LogP contribution in [0.1, 0.15) is 56.6 Å². The van der Waals surface area contributed by atoms with Gasteiger partial charge in [-0.15, -0.1) is 0 Å². The van der Waals surface area contributed by atoms with Gasteiger partial charge in [0.15, 0.2) is 0 Å². The molecule has 1 aromatic rings. The van der Waals surface area contributed by atoms with Crippen LogP contribution in [0.2, 0.25) is 0 Å². The summed E-state index contributed by atoms with van der Waals surface area (Å²) < 4.78 is 11.0. The Balaban J connectivity index is 2.19. The Kier molecular flexibility index (Phi) is 6.33. The van der Waals surface area contributed by atoms with E-state index < -0.39 is 0 Å². The average molecular weight is 292 g/mol. The van der Waals surface area contributed by atoms with Crippen LogP contribution in [0.3, 0.4) is 0 Å². The molecule has 1 aliphatic carbocycles. The van der Waals surface area contributed by atoms with E-state index >= 15 is 0 Å². The van der Waals surface area contributed by atoms with E-state index in [2.05, 4.69) is 5.43 Å². The number of hydrogen-bond acceptors (Lipinski definition) is 4. The molecule has 1 fully saturated rings. The number of benzene rings is 1. The molecular formula is C17H28N2O2. The average Bonchev–Trinajstić information content (AvgIpc) is 2.80. The van der Waals surface area contributed by atoms with E-state index in [0.29, 0.717) is 0 Å². The Morgan fingerprint density at radius 3 is 2.14 bits per heavy atom. The number of nitrogens with one attached hydrogen (secondary N) is 1. The molecule has 4 heteroatoms. The third kappa shape index (κ3) is 4.11. The summed E-state index contributed by atoms with van der Waals surface area (Å²) in [4.78, 5) is 0. The van der Waals surface area contributed by atoms with E-state index in [9.17, 15) is 0 Å². The molecule has 0 aliphatic heterocycles. The summed E-state index contributed by atoms with van der Waals surface area (Å²) in [6.07, 6.45) is 9.05. The zero-order valence-electron chi connectivity index (χ0n) is 13.2. The summed E-state index contributed by atoms with van der Waals surface area (Å²) >= 11 is 0. The quantitative estimate of drug-likeness (QED) is 0.478. The zero-order chi connectivity index (χ0) is 15.1. The van der Waals surface area contributed by atoms with Gasteiger partial charge in [0.25, 0.3) is 0 Å². The molecule has 3 N–H and O–H groups in total. The summed E-state index contributed by atoms with van der Waals surface area (Å²) in [6, 6.07) is 5.95. The van der Waals surface area contributed by atoms with Gasteiger partial charge in [0.1, 0.15) is 11.5 Å². The van der Waals surface area contributed by atoms with Crippen LogP contribution >= 0.6 is 0 Å². The Hall–Kier alpha value is -1.26. The van der Waals surface area contributed by atoms with Gasteiger partial charge in [-0.1, -0.05) is 44.6 Å². The van der Waals surface area contributed by atoms with Crippen LogP contribution in [0, 0.1) is 5.92 Å². The molecule has 0 amide bonds. The van der Waals surface area contributed by atoms with Crippen molar-refractivity contribution in [2.24, 2.45) is 11.8 Å². The van der Waals surface area contributed by atoms with Crippen molar-refractivity contribution in [1.29, 1.82) is 0 Å². The summed E-state index contributed by atoms with van der Waals surface area (Å²) in [5, 5.41) is 0. The molecule has 21 heavy (non-hydrogen) atoms. The van der Waals surface area contributed by atoms with Gasteiger partial charge >= 0.3 is 0 Å². The second kappa shape index (κ2) is 8.25. The number of methoxy groups -OCH3 is 2. The van der Waals surface area contributed by atoms with Crippen LogP contribution in [0.25, 0.3) is 0 Å². The highest BCUT2D eigenvalue weighted by molar-refractivity contribution is 5.47. The van der Waals surface area contributed by atoms with Crippen LogP contribution < -0.4 is 20.7 Å². The highest BCUT2D eigenvalue weighted by Gasteiger charge is 2.24. The molecule has 1 aliphatic rings. The van der Waals surface area contributed by atoms with Crippen LogP contribution in [0.4, 0.5) is 0 Å². The molecule has 0 aromatic heterocycles. The van der Waals surface area contributed by atoms with Gasteiger partial charge in [-0.05, 0) is 24.5 Å². The van der Waals surface area contributed by atoms with Gasteiger partial charge in [-0.25, -0.2) is 0 Å². The van der Waals surface area contributed by atoms with Crippen LogP contribution in [-0.4, -0.2) is 14.2 Å². The van der Waals surface area contributed by atoms with Crippen molar-refractivity contribution in [1.82, 2.24) is 5.43 Å². The van der Waals surface area contributed by atoms with Gasteiger partial charge in [0, 0.05) is 0 Å². The largest absolute Gasteiger partial charge is 0.496 e. The summed E-state index contributed by atoms with van der Waals surface area (Å²) in [7, 11) is 3.38. The Bertz CT molecular complexity index is 407. The molecule has 0 radical (unpaired) electrons. The first-order chi connectivity index (χ1) is 10.3. The first-order valence-electron chi connectivity index (χ1n) is 7.97. The maximum atomic E-state index is 5.85. The first-order valence-corrected chi connectivity index (χ1v) is 7.97. The lowest BCUT2D eigenvalue weighted by Gasteiger charge is -2.25. The molecule has 0 heterocycles. The number of hydrazine groups is 1. The molecule has 118 valence electrons. The molecule has 4 nitrogen and oxygen atoms in total. The lowest BCUT2D eigenvalue weighted by atomic mass is 9.89. The van der Waals surface area contributed by atoms with Crippen LogP contribution in [-0.2, 0) is 0 Å². The minimum absolute atomic E-state index is 0.0687. The van der Waals surface area contributed by atoms with Gasteiger partial charge in [0.2, 0.25) is 0 Å². The maximum absolute atomic E-state index is 5.85. The lowest BCUT2D eigenvalue weighted by Crippen LogP contribution is -2.30. The van der Waals surface area contributed by atoms with Crippen molar-refractivity contribution < 1.29 is 9.47 Å². The third-order valence-corrected chi connectivity index (χ3v) is 4.56. The number of rotatable bonds is 6. The second-order valence-corrected chi connectivity index (χ2v) is 5.89. The minimum Gasteiger partial charge on any atom is -0.496 e. The molecule has 0 spiro atoms. The fourth-order valence-corrected chi connectivity index (χ4v) is 3.43. The topological polar surface area (TPSA) is 56.5 Å². The van der Waals surface area contributed by atoms with Gasteiger partial charge in [0.05, 0.1) is 25.8 Å². The SMILES string of the molecule is COc1cccc(OC)c1C(CC1CCCCCC1)NN. The van der Waals surface area contributed by atoms with Gasteiger partial charge in [-0.3, -0.25) is 11.3 Å². The summed E-state index contributed by atoms with van der Waals surface area (Å²) in [5.74, 6) is 8.25.